The molecule has 1 rings (SSSR count). The van der Waals surface area contributed by atoms with Gasteiger partial charge in [-0.25, -0.2) is 0 Å². The van der Waals surface area contributed by atoms with E-state index < -0.39 is 0 Å². The fourth-order valence-electron chi connectivity index (χ4n) is 1.54. The van der Waals surface area contributed by atoms with Crippen molar-refractivity contribution in [3.8, 4) is 0 Å². The van der Waals surface area contributed by atoms with Gasteiger partial charge >= 0.3 is 0 Å². The molecular formula is C14H23N3O. The lowest BCUT2D eigenvalue weighted by Gasteiger charge is -2.20. The van der Waals surface area contributed by atoms with Gasteiger partial charge in [0.25, 0.3) is 0 Å². The standard InChI is InChI=1S/C14H23N3O/c1-11(2)17(3)8-7-14(18)16-13-6-4-5-12(9-13)10-15/h4-6,9,11H,7-8,10,15H2,1-3H3,(H,16,18). The van der Waals surface area contributed by atoms with Gasteiger partial charge in [0, 0.05) is 31.2 Å². The monoisotopic (exact) mass is 249 g/mol. The van der Waals surface area contributed by atoms with E-state index in [1.54, 1.807) is 0 Å². The summed E-state index contributed by atoms with van der Waals surface area (Å²) >= 11 is 0. The molecule has 0 saturated heterocycles. The lowest BCUT2D eigenvalue weighted by molar-refractivity contribution is -0.116. The molecule has 1 aromatic carbocycles. The van der Waals surface area contributed by atoms with Gasteiger partial charge in [0.2, 0.25) is 5.91 Å². The summed E-state index contributed by atoms with van der Waals surface area (Å²) in [5, 5.41) is 2.89. The van der Waals surface area contributed by atoms with Crippen molar-refractivity contribution in [2.24, 2.45) is 5.73 Å². The number of nitrogens with one attached hydrogen (secondary N) is 1. The highest BCUT2D eigenvalue weighted by atomic mass is 16.1. The zero-order valence-electron chi connectivity index (χ0n) is 11.4. The van der Waals surface area contributed by atoms with Crippen molar-refractivity contribution in [1.29, 1.82) is 0 Å². The van der Waals surface area contributed by atoms with Gasteiger partial charge in [0.05, 0.1) is 0 Å². The third-order valence-corrected chi connectivity index (χ3v) is 3.02. The van der Waals surface area contributed by atoms with Crippen LogP contribution in [0.25, 0.3) is 0 Å². The molecule has 0 saturated carbocycles. The van der Waals surface area contributed by atoms with E-state index in [-0.39, 0.29) is 5.91 Å². The smallest absolute Gasteiger partial charge is 0.225 e. The van der Waals surface area contributed by atoms with Crippen molar-refractivity contribution in [1.82, 2.24) is 4.90 Å². The second-order valence-electron chi connectivity index (χ2n) is 4.78. The fraction of sp³-hybridized carbons (Fsp3) is 0.500. The molecule has 0 aromatic heterocycles. The average Bonchev–Trinajstić information content (AvgIpc) is 2.36. The van der Waals surface area contributed by atoms with Crippen LogP contribution < -0.4 is 11.1 Å². The minimum absolute atomic E-state index is 0.0386. The average molecular weight is 249 g/mol. The molecule has 0 bridgehead atoms. The first-order valence-corrected chi connectivity index (χ1v) is 6.32. The highest BCUT2D eigenvalue weighted by Gasteiger charge is 2.07. The Labute approximate surface area is 109 Å². The van der Waals surface area contributed by atoms with Gasteiger partial charge in [-0.15, -0.1) is 0 Å². The number of hydrogen-bond donors (Lipinski definition) is 2. The van der Waals surface area contributed by atoms with Crippen molar-refractivity contribution in [2.45, 2.75) is 32.9 Å². The van der Waals surface area contributed by atoms with Crippen LogP contribution in [0.2, 0.25) is 0 Å². The predicted molar refractivity (Wildman–Crippen MR) is 75.3 cm³/mol. The second kappa shape index (κ2) is 7.13. The molecule has 18 heavy (non-hydrogen) atoms. The molecule has 0 aliphatic heterocycles. The van der Waals surface area contributed by atoms with Gasteiger partial charge in [-0.1, -0.05) is 12.1 Å². The summed E-state index contributed by atoms with van der Waals surface area (Å²) in [6, 6.07) is 8.09. The molecular weight excluding hydrogens is 226 g/mol. The number of carbonyl (C=O) groups is 1. The molecule has 1 aromatic rings. The third kappa shape index (κ3) is 4.85. The first-order valence-electron chi connectivity index (χ1n) is 6.32. The molecule has 0 heterocycles. The van der Waals surface area contributed by atoms with Crippen LogP contribution in [0, 0.1) is 0 Å². The Morgan fingerprint density at radius 2 is 2.17 bits per heavy atom. The molecule has 100 valence electrons. The molecule has 4 nitrogen and oxygen atoms in total. The van der Waals surface area contributed by atoms with Crippen LogP contribution in [-0.2, 0) is 11.3 Å². The Hall–Kier alpha value is -1.39. The summed E-state index contributed by atoms with van der Waals surface area (Å²) in [7, 11) is 2.02. The maximum absolute atomic E-state index is 11.8. The Morgan fingerprint density at radius 3 is 2.78 bits per heavy atom. The van der Waals surface area contributed by atoms with Gasteiger partial charge in [-0.05, 0) is 38.6 Å². The minimum atomic E-state index is 0.0386. The van der Waals surface area contributed by atoms with Crippen molar-refractivity contribution >= 4 is 11.6 Å². The summed E-state index contributed by atoms with van der Waals surface area (Å²) in [4.78, 5) is 13.9. The van der Waals surface area contributed by atoms with Crippen LogP contribution in [0.4, 0.5) is 5.69 Å². The van der Waals surface area contributed by atoms with Crippen molar-refractivity contribution < 1.29 is 4.79 Å². The molecule has 4 heteroatoms. The molecule has 0 spiro atoms. The number of anilines is 1. The number of benzene rings is 1. The molecule has 0 unspecified atom stereocenters. The quantitative estimate of drug-likeness (QED) is 0.808. The van der Waals surface area contributed by atoms with E-state index in [0.717, 1.165) is 17.8 Å². The van der Waals surface area contributed by atoms with E-state index >= 15 is 0 Å². The number of hydrogen-bond acceptors (Lipinski definition) is 3. The molecule has 0 radical (unpaired) electrons. The lowest BCUT2D eigenvalue weighted by Crippen LogP contribution is -2.29. The van der Waals surface area contributed by atoms with Gasteiger partial charge in [-0.2, -0.15) is 0 Å². The summed E-state index contributed by atoms with van der Waals surface area (Å²) in [5.74, 6) is 0.0386. The van der Waals surface area contributed by atoms with Gasteiger partial charge in [0.1, 0.15) is 0 Å². The number of amides is 1. The first-order chi connectivity index (χ1) is 8.52. The van der Waals surface area contributed by atoms with Crippen LogP contribution >= 0.6 is 0 Å². The SMILES string of the molecule is CC(C)N(C)CCC(=O)Nc1cccc(CN)c1. The molecule has 0 aliphatic carbocycles. The number of carbonyl (C=O) groups excluding carboxylic acids is 1. The van der Waals surface area contributed by atoms with E-state index in [9.17, 15) is 4.79 Å². The molecule has 0 fully saturated rings. The van der Waals surface area contributed by atoms with E-state index in [4.69, 9.17) is 5.73 Å². The third-order valence-electron chi connectivity index (χ3n) is 3.02. The Kier molecular flexibility index (Phi) is 5.82. The summed E-state index contributed by atoms with van der Waals surface area (Å²) in [6.45, 7) is 5.48. The Morgan fingerprint density at radius 1 is 1.44 bits per heavy atom. The highest BCUT2D eigenvalue weighted by molar-refractivity contribution is 5.90. The topological polar surface area (TPSA) is 58.4 Å². The zero-order valence-corrected chi connectivity index (χ0v) is 11.4. The zero-order chi connectivity index (χ0) is 13.5. The number of rotatable bonds is 6. The lowest BCUT2D eigenvalue weighted by atomic mass is 10.2. The van der Waals surface area contributed by atoms with Crippen LogP contribution in [0.5, 0.6) is 0 Å². The Balaban J connectivity index is 2.44. The van der Waals surface area contributed by atoms with E-state index in [0.29, 0.717) is 19.0 Å². The predicted octanol–water partition coefficient (Wildman–Crippen LogP) is 1.81. The summed E-state index contributed by atoms with van der Waals surface area (Å²) in [5.41, 5.74) is 7.40. The van der Waals surface area contributed by atoms with Gasteiger partial charge in [0.15, 0.2) is 0 Å². The van der Waals surface area contributed by atoms with Crippen LogP contribution in [0.3, 0.4) is 0 Å². The minimum Gasteiger partial charge on any atom is -0.326 e. The molecule has 0 aliphatic rings. The van der Waals surface area contributed by atoms with Crippen LogP contribution in [-0.4, -0.2) is 30.4 Å². The summed E-state index contributed by atoms with van der Waals surface area (Å²) in [6.07, 6.45) is 0.502. The first kappa shape index (κ1) is 14.7. The number of nitrogens with two attached hydrogens (primary N) is 1. The molecule has 1 amide bonds. The van der Waals surface area contributed by atoms with E-state index in [1.165, 1.54) is 0 Å². The number of nitrogens with zero attached hydrogens (tertiary/aromatic N) is 1. The highest BCUT2D eigenvalue weighted by Crippen LogP contribution is 2.10. The normalized spacial score (nSPS) is 11.0. The van der Waals surface area contributed by atoms with Gasteiger partial charge < -0.3 is 16.0 Å². The Bertz CT molecular complexity index is 390. The molecule has 3 N–H and O–H groups in total. The van der Waals surface area contributed by atoms with Gasteiger partial charge in [-0.3, -0.25) is 4.79 Å². The van der Waals surface area contributed by atoms with Crippen LogP contribution in [0.1, 0.15) is 25.8 Å². The maximum Gasteiger partial charge on any atom is 0.225 e. The molecule has 0 atom stereocenters. The maximum atomic E-state index is 11.8. The van der Waals surface area contributed by atoms with Crippen molar-refractivity contribution in [3.05, 3.63) is 29.8 Å². The second-order valence-corrected chi connectivity index (χ2v) is 4.78. The van der Waals surface area contributed by atoms with E-state index in [1.807, 2.05) is 31.3 Å². The van der Waals surface area contributed by atoms with E-state index in [2.05, 4.69) is 24.1 Å². The fourth-order valence-corrected chi connectivity index (χ4v) is 1.54. The summed E-state index contributed by atoms with van der Waals surface area (Å²) < 4.78 is 0. The largest absolute Gasteiger partial charge is 0.326 e. The van der Waals surface area contributed by atoms with Crippen molar-refractivity contribution in [2.75, 3.05) is 18.9 Å². The van der Waals surface area contributed by atoms with Crippen LogP contribution in [0.15, 0.2) is 24.3 Å². The van der Waals surface area contributed by atoms with Crippen molar-refractivity contribution in [3.63, 3.8) is 0 Å².